The lowest BCUT2D eigenvalue weighted by Gasteiger charge is -2.41. The highest BCUT2D eigenvalue weighted by atomic mass is 16.4. The van der Waals surface area contributed by atoms with Gasteiger partial charge in [-0.15, -0.1) is 10.2 Å². The second kappa shape index (κ2) is 5.24. The van der Waals surface area contributed by atoms with Crippen LogP contribution in [0.25, 0.3) is 0 Å². The van der Waals surface area contributed by atoms with Crippen molar-refractivity contribution in [2.45, 2.75) is 38.1 Å². The average molecular weight is 265 g/mol. The highest BCUT2D eigenvalue weighted by molar-refractivity contribution is 5.73. The largest absolute Gasteiger partial charge is 0.480 e. The van der Waals surface area contributed by atoms with E-state index in [0.29, 0.717) is 17.8 Å². The zero-order valence-electron chi connectivity index (χ0n) is 10.7. The van der Waals surface area contributed by atoms with Crippen molar-refractivity contribution >= 4 is 5.97 Å². The van der Waals surface area contributed by atoms with E-state index in [0.717, 1.165) is 31.6 Å². The summed E-state index contributed by atoms with van der Waals surface area (Å²) in [6, 6.07) is -0.370. The fourth-order valence-corrected chi connectivity index (χ4v) is 3.56. The van der Waals surface area contributed by atoms with E-state index >= 15 is 0 Å². The summed E-state index contributed by atoms with van der Waals surface area (Å²) in [5.41, 5.74) is 0. The van der Waals surface area contributed by atoms with Crippen LogP contribution in [0.5, 0.6) is 0 Å². The summed E-state index contributed by atoms with van der Waals surface area (Å²) in [5.74, 6) is 1.77. The highest BCUT2D eigenvalue weighted by Crippen LogP contribution is 2.39. The maximum absolute atomic E-state index is 11.1. The van der Waals surface area contributed by atoms with Crippen LogP contribution in [0.2, 0.25) is 0 Å². The Balaban J connectivity index is 1.59. The zero-order valence-corrected chi connectivity index (χ0v) is 10.7. The second-order valence-electron chi connectivity index (χ2n) is 5.77. The molecular formula is C12H19N5O2. The molecule has 0 aromatic carbocycles. The van der Waals surface area contributed by atoms with Gasteiger partial charge in [-0.25, -0.2) is 0 Å². The second-order valence-corrected chi connectivity index (χ2v) is 5.77. The van der Waals surface area contributed by atoms with E-state index in [4.69, 9.17) is 5.11 Å². The van der Waals surface area contributed by atoms with Crippen LogP contribution in [0.1, 0.15) is 31.5 Å². The van der Waals surface area contributed by atoms with Crippen LogP contribution in [0.15, 0.2) is 0 Å². The fraction of sp³-hybridized carbons (Fsp3) is 0.833. The lowest BCUT2D eigenvalue weighted by molar-refractivity contribution is -0.141. The average Bonchev–Trinajstić information content (AvgIpc) is 2.90. The van der Waals surface area contributed by atoms with Gasteiger partial charge in [-0.3, -0.25) is 4.79 Å². The number of nitrogens with one attached hydrogen (secondary N) is 2. The Morgan fingerprint density at radius 1 is 1.32 bits per heavy atom. The number of hydrogen-bond donors (Lipinski definition) is 3. The minimum absolute atomic E-state index is 0.370. The SMILES string of the molecule is O=C(O)[C@@H]1C[C@@H]2C[C@H](Cc3nn[nH]n3)CC[C@@H]2CN1. The minimum atomic E-state index is -0.723. The summed E-state index contributed by atoms with van der Waals surface area (Å²) >= 11 is 0. The monoisotopic (exact) mass is 265 g/mol. The van der Waals surface area contributed by atoms with Crippen molar-refractivity contribution in [3.63, 3.8) is 0 Å². The van der Waals surface area contributed by atoms with E-state index in [9.17, 15) is 4.79 Å². The molecule has 1 saturated heterocycles. The van der Waals surface area contributed by atoms with E-state index in [2.05, 4.69) is 25.9 Å². The van der Waals surface area contributed by atoms with E-state index in [1.807, 2.05) is 0 Å². The Morgan fingerprint density at radius 3 is 2.95 bits per heavy atom. The number of carbonyl (C=O) groups is 1. The standard InChI is InChI=1S/C12H19N5O2/c18-12(19)10-5-9-3-7(1-2-8(9)6-13-10)4-11-14-16-17-15-11/h7-10,13H,1-6H2,(H,18,19)(H,14,15,16,17)/t7-,8-,9+,10+/m1/s1. The molecule has 2 heterocycles. The van der Waals surface area contributed by atoms with Gasteiger partial charge in [-0.05, 0) is 50.0 Å². The number of nitrogens with zero attached hydrogens (tertiary/aromatic N) is 3. The normalized spacial score (nSPS) is 34.7. The molecule has 7 heteroatoms. The van der Waals surface area contributed by atoms with Gasteiger partial charge in [-0.2, -0.15) is 5.21 Å². The summed E-state index contributed by atoms with van der Waals surface area (Å²) < 4.78 is 0. The van der Waals surface area contributed by atoms with E-state index in [1.54, 1.807) is 0 Å². The Morgan fingerprint density at radius 2 is 2.21 bits per heavy atom. The third-order valence-corrected chi connectivity index (χ3v) is 4.57. The molecule has 3 rings (SSSR count). The fourth-order valence-electron chi connectivity index (χ4n) is 3.56. The Bertz CT molecular complexity index is 435. The number of hydrogen-bond acceptors (Lipinski definition) is 5. The first-order chi connectivity index (χ1) is 9.22. The Kier molecular flexibility index (Phi) is 3.46. The zero-order chi connectivity index (χ0) is 13.2. The number of carboxylic acid groups (broad SMARTS) is 1. The van der Waals surface area contributed by atoms with Gasteiger partial charge in [0.25, 0.3) is 0 Å². The lowest BCUT2D eigenvalue weighted by Crippen LogP contribution is -2.49. The predicted molar refractivity (Wildman–Crippen MR) is 66.2 cm³/mol. The van der Waals surface area contributed by atoms with Crippen molar-refractivity contribution in [3.05, 3.63) is 5.82 Å². The molecule has 3 N–H and O–H groups in total. The number of aliphatic carboxylic acids is 1. The van der Waals surface area contributed by atoms with Crippen LogP contribution in [-0.2, 0) is 11.2 Å². The van der Waals surface area contributed by atoms with Crippen molar-refractivity contribution < 1.29 is 9.90 Å². The molecule has 2 fully saturated rings. The molecule has 0 radical (unpaired) electrons. The van der Waals surface area contributed by atoms with E-state index < -0.39 is 5.97 Å². The van der Waals surface area contributed by atoms with Gasteiger partial charge >= 0.3 is 5.97 Å². The van der Waals surface area contributed by atoms with Crippen molar-refractivity contribution in [2.24, 2.45) is 17.8 Å². The molecule has 19 heavy (non-hydrogen) atoms. The maximum Gasteiger partial charge on any atom is 0.320 e. The van der Waals surface area contributed by atoms with Gasteiger partial charge in [-0.1, -0.05) is 5.21 Å². The number of aromatic nitrogens is 4. The van der Waals surface area contributed by atoms with Gasteiger partial charge in [0.05, 0.1) is 0 Å². The molecule has 1 aromatic rings. The quantitative estimate of drug-likeness (QED) is 0.722. The molecule has 4 atom stereocenters. The van der Waals surface area contributed by atoms with Crippen molar-refractivity contribution in [1.82, 2.24) is 25.9 Å². The summed E-state index contributed by atoms with van der Waals surface area (Å²) in [6.07, 6.45) is 5.04. The van der Waals surface area contributed by atoms with Gasteiger partial charge in [0, 0.05) is 6.42 Å². The van der Waals surface area contributed by atoms with Crippen molar-refractivity contribution in [3.8, 4) is 0 Å². The first-order valence-corrected chi connectivity index (χ1v) is 6.91. The van der Waals surface area contributed by atoms with Gasteiger partial charge < -0.3 is 10.4 Å². The lowest BCUT2D eigenvalue weighted by atomic mass is 9.69. The molecule has 104 valence electrons. The third kappa shape index (κ3) is 2.75. The number of piperidine rings is 1. The molecular weight excluding hydrogens is 246 g/mol. The number of H-pyrrole nitrogens is 1. The molecule has 1 aliphatic carbocycles. The topological polar surface area (TPSA) is 104 Å². The number of fused-ring (bicyclic) bond motifs is 1. The van der Waals surface area contributed by atoms with Gasteiger partial charge in [0.1, 0.15) is 6.04 Å². The molecule has 0 amide bonds. The Hall–Kier alpha value is -1.50. The first-order valence-electron chi connectivity index (χ1n) is 6.91. The van der Waals surface area contributed by atoms with E-state index in [1.165, 1.54) is 12.8 Å². The molecule has 2 aliphatic rings. The summed E-state index contributed by atoms with van der Waals surface area (Å²) in [6.45, 7) is 0.844. The molecule has 0 spiro atoms. The number of rotatable bonds is 3. The number of carboxylic acids is 1. The van der Waals surface area contributed by atoms with Gasteiger partial charge in [0.2, 0.25) is 0 Å². The summed E-state index contributed by atoms with van der Waals surface area (Å²) in [4.78, 5) is 11.1. The smallest absolute Gasteiger partial charge is 0.320 e. The predicted octanol–water partition coefficient (Wildman–Crippen LogP) is 0.221. The van der Waals surface area contributed by atoms with Crippen LogP contribution < -0.4 is 5.32 Å². The van der Waals surface area contributed by atoms with Crippen LogP contribution in [-0.4, -0.2) is 44.3 Å². The molecule has 1 aromatic heterocycles. The van der Waals surface area contributed by atoms with Crippen LogP contribution in [0, 0.1) is 17.8 Å². The van der Waals surface area contributed by atoms with Crippen LogP contribution in [0.4, 0.5) is 0 Å². The highest BCUT2D eigenvalue weighted by Gasteiger charge is 2.37. The first kappa shape index (κ1) is 12.5. The summed E-state index contributed by atoms with van der Waals surface area (Å²) in [7, 11) is 0. The van der Waals surface area contributed by atoms with E-state index in [-0.39, 0.29) is 6.04 Å². The van der Waals surface area contributed by atoms with Crippen LogP contribution >= 0.6 is 0 Å². The number of tetrazole rings is 1. The van der Waals surface area contributed by atoms with Crippen molar-refractivity contribution in [1.29, 1.82) is 0 Å². The maximum atomic E-state index is 11.1. The third-order valence-electron chi connectivity index (χ3n) is 4.57. The molecule has 0 bridgehead atoms. The molecule has 7 nitrogen and oxygen atoms in total. The van der Waals surface area contributed by atoms with Crippen molar-refractivity contribution in [2.75, 3.05) is 6.54 Å². The van der Waals surface area contributed by atoms with Crippen LogP contribution in [0.3, 0.4) is 0 Å². The number of aromatic amines is 1. The Labute approximate surface area is 111 Å². The molecule has 1 saturated carbocycles. The minimum Gasteiger partial charge on any atom is -0.480 e. The van der Waals surface area contributed by atoms with Gasteiger partial charge in [0.15, 0.2) is 5.82 Å². The molecule has 0 unspecified atom stereocenters. The molecule has 1 aliphatic heterocycles. The summed E-state index contributed by atoms with van der Waals surface area (Å²) in [5, 5.41) is 26.3.